The van der Waals surface area contributed by atoms with Crippen molar-refractivity contribution >= 4 is 0 Å². The first-order valence-corrected chi connectivity index (χ1v) is 5.26. The molecule has 0 aliphatic rings. The Bertz CT molecular complexity index is 223. The summed E-state index contributed by atoms with van der Waals surface area (Å²) < 4.78 is 5.48. The standard InChI is InChI=1S/C12H19NO/c1-2-13-9-11-14-10-8-12-6-4-3-5-7-12/h3-7,13H,2,8-11H2,1H3. The van der Waals surface area contributed by atoms with Crippen LogP contribution in [-0.2, 0) is 11.2 Å². The van der Waals surface area contributed by atoms with Crippen molar-refractivity contribution in [2.24, 2.45) is 0 Å². The zero-order chi connectivity index (χ0) is 10.1. The Balaban J connectivity index is 1.99. The fraction of sp³-hybridized carbons (Fsp3) is 0.500. The number of hydrogen-bond acceptors (Lipinski definition) is 2. The summed E-state index contributed by atoms with van der Waals surface area (Å²) >= 11 is 0. The first-order chi connectivity index (χ1) is 6.93. The van der Waals surface area contributed by atoms with Gasteiger partial charge in [-0.1, -0.05) is 37.3 Å². The summed E-state index contributed by atoms with van der Waals surface area (Å²) in [5.74, 6) is 0. The highest BCUT2D eigenvalue weighted by atomic mass is 16.5. The van der Waals surface area contributed by atoms with Crippen LogP contribution in [0.25, 0.3) is 0 Å². The van der Waals surface area contributed by atoms with Crippen LogP contribution in [0, 0.1) is 0 Å². The van der Waals surface area contributed by atoms with E-state index in [2.05, 4.69) is 36.5 Å². The van der Waals surface area contributed by atoms with Crippen LogP contribution in [0.4, 0.5) is 0 Å². The molecule has 0 saturated carbocycles. The first kappa shape index (κ1) is 11.2. The number of hydrogen-bond donors (Lipinski definition) is 1. The van der Waals surface area contributed by atoms with Crippen molar-refractivity contribution in [3.63, 3.8) is 0 Å². The zero-order valence-corrected chi connectivity index (χ0v) is 8.83. The minimum absolute atomic E-state index is 0.806. The molecule has 0 unspecified atom stereocenters. The quantitative estimate of drug-likeness (QED) is 0.667. The molecule has 0 heterocycles. The monoisotopic (exact) mass is 193 g/mol. The molecule has 2 heteroatoms. The van der Waals surface area contributed by atoms with Gasteiger partial charge in [0.2, 0.25) is 0 Å². The fourth-order valence-corrected chi connectivity index (χ4v) is 1.26. The maximum Gasteiger partial charge on any atom is 0.0591 e. The molecular formula is C12H19NO. The Labute approximate surface area is 86.3 Å². The van der Waals surface area contributed by atoms with Gasteiger partial charge in [-0.25, -0.2) is 0 Å². The fourth-order valence-electron chi connectivity index (χ4n) is 1.26. The number of ether oxygens (including phenoxy) is 1. The van der Waals surface area contributed by atoms with E-state index in [-0.39, 0.29) is 0 Å². The van der Waals surface area contributed by atoms with E-state index in [0.29, 0.717) is 0 Å². The Morgan fingerprint density at radius 2 is 1.93 bits per heavy atom. The highest BCUT2D eigenvalue weighted by Gasteiger charge is 1.91. The Kier molecular flexibility index (Phi) is 6.04. The number of likely N-dealkylation sites (N-methyl/N-ethyl adjacent to an activating group) is 1. The molecule has 1 N–H and O–H groups in total. The Hall–Kier alpha value is -0.860. The third-order valence-corrected chi connectivity index (χ3v) is 2.05. The van der Waals surface area contributed by atoms with Gasteiger partial charge < -0.3 is 10.1 Å². The predicted octanol–water partition coefficient (Wildman–Crippen LogP) is 1.86. The summed E-state index contributed by atoms with van der Waals surface area (Å²) in [4.78, 5) is 0. The SMILES string of the molecule is CCNCCOCCc1ccccc1. The number of nitrogens with one attached hydrogen (secondary N) is 1. The van der Waals surface area contributed by atoms with E-state index in [1.807, 2.05) is 6.07 Å². The van der Waals surface area contributed by atoms with Gasteiger partial charge in [0, 0.05) is 6.54 Å². The highest BCUT2D eigenvalue weighted by molar-refractivity contribution is 5.14. The van der Waals surface area contributed by atoms with Gasteiger partial charge in [0.1, 0.15) is 0 Å². The van der Waals surface area contributed by atoms with E-state index in [0.717, 1.165) is 32.7 Å². The molecule has 0 fully saturated rings. The first-order valence-electron chi connectivity index (χ1n) is 5.26. The normalized spacial score (nSPS) is 10.4. The highest BCUT2D eigenvalue weighted by Crippen LogP contribution is 1.99. The summed E-state index contributed by atoms with van der Waals surface area (Å²) in [6.45, 7) is 5.69. The van der Waals surface area contributed by atoms with Gasteiger partial charge in [0.25, 0.3) is 0 Å². The third-order valence-electron chi connectivity index (χ3n) is 2.05. The molecular weight excluding hydrogens is 174 g/mol. The van der Waals surface area contributed by atoms with E-state index in [4.69, 9.17) is 4.74 Å². The van der Waals surface area contributed by atoms with Gasteiger partial charge >= 0.3 is 0 Å². The van der Waals surface area contributed by atoms with E-state index < -0.39 is 0 Å². The third kappa shape index (κ3) is 5.00. The minimum atomic E-state index is 0.806. The van der Waals surface area contributed by atoms with E-state index in [9.17, 15) is 0 Å². The zero-order valence-electron chi connectivity index (χ0n) is 8.83. The summed E-state index contributed by atoms with van der Waals surface area (Å²) in [5.41, 5.74) is 1.34. The van der Waals surface area contributed by atoms with Gasteiger partial charge in [-0.2, -0.15) is 0 Å². The molecule has 0 spiro atoms. The van der Waals surface area contributed by atoms with Crippen LogP contribution in [0.3, 0.4) is 0 Å². The molecule has 0 aliphatic carbocycles. The van der Waals surface area contributed by atoms with Gasteiger partial charge in [0.05, 0.1) is 13.2 Å². The molecule has 0 aliphatic heterocycles. The van der Waals surface area contributed by atoms with Gasteiger partial charge in [-0.05, 0) is 18.5 Å². The smallest absolute Gasteiger partial charge is 0.0591 e. The average Bonchev–Trinajstić information content (AvgIpc) is 2.25. The maximum atomic E-state index is 5.48. The lowest BCUT2D eigenvalue weighted by Gasteiger charge is -2.04. The molecule has 1 aromatic rings. The molecule has 0 amide bonds. The van der Waals surface area contributed by atoms with Crippen LogP contribution in [0.15, 0.2) is 30.3 Å². The molecule has 1 aromatic carbocycles. The molecule has 0 radical (unpaired) electrons. The summed E-state index contributed by atoms with van der Waals surface area (Å²) in [6, 6.07) is 10.4. The van der Waals surface area contributed by atoms with E-state index >= 15 is 0 Å². The molecule has 2 nitrogen and oxygen atoms in total. The van der Waals surface area contributed by atoms with Gasteiger partial charge in [-0.15, -0.1) is 0 Å². The second-order valence-corrected chi connectivity index (χ2v) is 3.20. The van der Waals surface area contributed by atoms with Gasteiger partial charge in [0.15, 0.2) is 0 Å². The predicted molar refractivity (Wildman–Crippen MR) is 59.5 cm³/mol. The van der Waals surface area contributed by atoms with Crippen LogP contribution in [-0.4, -0.2) is 26.3 Å². The summed E-state index contributed by atoms with van der Waals surface area (Å²) in [7, 11) is 0. The van der Waals surface area contributed by atoms with E-state index in [1.165, 1.54) is 5.56 Å². The Morgan fingerprint density at radius 1 is 1.14 bits per heavy atom. The molecule has 0 bridgehead atoms. The van der Waals surface area contributed by atoms with Crippen LogP contribution >= 0.6 is 0 Å². The van der Waals surface area contributed by atoms with Crippen LogP contribution in [0.5, 0.6) is 0 Å². The minimum Gasteiger partial charge on any atom is -0.380 e. The number of rotatable bonds is 7. The van der Waals surface area contributed by atoms with Crippen molar-refractivity contribution in [3.05, 3.63) is 35.9 Å². The molecule has 78 valence electrons. The second kappa shape index (κ2) is 7.54. The van der Waals surface area contributed by atoms with Crippen LogP contribution in [0.2, 0.25) is 0 Å². The Morgan fingerprint density at radius 3 is 2.64 bits per heavy atom. The van der Waals surface area contributed by atoms with Crippen LogP contribution < -0.4 is 5.32 Å². The topological polar surface area (TPSA) is 21.3 Å². The van der Waals surface area contributed by atoms with Crippen molar-refractivity contribution < 1.29 is 4.74 Å². The molecule has 0 aromatic heterocycles. The molecule has 14 heavy (non-hydrogen) atoms. The van der Waals surface area contributed by atoms with Crippen molar-refractivity contribution in [1.29, 1.82) is 0 Å². The van der Waals surface area contributed by atoms with E-state index in [1.54, 1.807) is 0 Å². The lowest BCUT2D eigenvalue weighted by Crippen LogP contribution is -2.19. The average molecular weight is 193 g/mol. The lowest BCUT2D eigenvalue weighted by atomic mass is 10.2. The maximum absolute atomic E-state index is 5.48. The van der Waals surface area contributed by atoms with Crippen molar-refractivity contribution in [2.75, 3.05) is 26.3 Å². The van der Waals surface area contributed by atoms with Crippen molar-refractivity contribution in [3.8, 4) is 0 Å². The largest absolute Gasteiger partial charge is 0.380 e. The van der Waals surface area contributed by atoms with Crippen LogP contribution in [0.1, 0.15) is 12.5 Å². The second-order valence-electron chi connectivity index (χ2n) is 3.20. The van der Waals surface area contributed by atoms with Crippen molar-refractivity contribution in [2.45, 2.75) is 13.3 Å². The van der Waals surface area contributed by atoms with Crippen molar-refractivity contribution in [1.82, 2.24) is 5.32 Å². The molecule has 0 saturated heterocycles. The molecule has 0 atom stereocenters. The lowest BCUT2D eigenvalue weighted by molar-refractivity contribution is 0.139. The molecule has 1 rings (SSSR count). The summed E-state index contributed by atoms with van der Waals surface area (Å²) in [5, 5.41) is 3.22. The van der Waals surface area contributed by atoms with Gasteiger partial charge in [-0.3, -0.25) is 0 Å². The summed E-state index contributed by atoms with van der Waals surface area (Å²) in [6.07, 6.45) is 1.01. The number of benzene rings is 1.